The first-order chi connectivity index (χ1) is 11.8. The lowest BCUT2D eigenvalue weighted by Gasteiger charge is -2.16. The second-order valence-corrected chi connectivity index (χ2v) is 6.06. The van der Waals surface area contributed by atoms with E-state index in [0.29, 0.717) is 10.0 Å². The Kier molecular flexibility index (Phi) is 6.84. The van der Waals surface area contributed by atoms with Gasteiger partial charge in [-0.25, -0.2) is 4.79 Å². The van der Waals surface area contributed by atoms with E-state index >= 15 is 0 Å². The van der Waals surface area contributed by atoms with E-state index in [1.807, 2.05) is 6.92 Å². The number of halogens is 4. The smallest absolute Gasteiger partial charge is 0.387 e. The summed E-state index contributed by atoms with van der Waals surface area (Å²) in [6, 6.07) is 10.5. The molecule has 4 nitrogen and oxygen atoms in total. The number of hydrogen-bond acceptors (Lipinski definition) is 2. The zero-order chi connectivity index (χ0) is 18.4. The van der Waals surface area contributed by atoms with Crippen LogP contribution in [-0.2, 0) is 6.54 Å². The van der Waals surface area contributed by atoms with Crippen LogP contribution < -0.4 is 15.4 Å². The van der Waals surface area contributed by atoms with Gasteiger partial charge in [-0.2, -0.15) is 8.78 Å². The number of amides is 2. The maximum absolute atomic E-state index is 12.1. The van der Waals surface area contributed by atoms with Gasteiger partial charge in [0.25, 0.3) is 0 Å². The predicted molar refractivity (Wildman–Crippen MR) is 93.3 cm³/mol. The number of urea groups is 1. The molecule has 2 rings (SSSR count). The summed E-state index contributed by atoms with van der Waals surface area (Å²) >= 11 is 11.8. The fourth-order valence-corrected chi connectivity index (χ4v) is 2.39. The molecule has 1 atom stereocenters. The molecule has 2 N–H and O–H groups in total. The van der Waals surface area contributed by atoms with Crippen LogP contribution in [0.3, 0.4) is 0 Å². The Bertz CT molecular complexity index is 727. The number of carbonyl (C=O) groups excluding carboxylic acids is 1. The van der Waals surface area contributed by atoms with Crippen molar-refractivity contribution in [1.82, 2.24) is 10.6 Å². The summed E-state index contributed by atoms with van der Waals surface area (Å²) in [5.41, 5.74) is 1.57. The zero-order valence-electron chi connectivity index (χ0n) is 13.2. The molecule has 1 unspecified atom stereocenters. The van der Waals surface area contributed by atoms with Crippen molar-refractivity contribution in [3.63, 3.8) is 0 Å². The first kappa shape index (κ1) is 19.3. The minimum absolute atomic E-state index is 0.0661. The van der Waals surface area contributed by atoms with Gasteiger partial charge < -0.3 is 15.4 Å². The third kappa shape index (κ3) is 6.07. The van der Waals surface area contributed by atoms with Crippen LogP contribution in [0.1, 0.15) is 24.1 Å². The summed E-state index contributed by atoms with van der Waals surface area (Å²) in [5, 5.41) is 6.32. The van der Waals surface area contributed by atoms with Gasteiger partial charge in [0.15, 0.2) is 0 Å². The third-order valence-electron chi connectivity index (χ3n) is 3.39. The van der Waals surface area contributed by atoms with Crippen molar-refractivity contribution in [2.45, 2.75) is 26.1 Å². The van der Waals surface area contributed by atoms with Crippen molar-refractivity contribution in [2.24, 2.45) is 0 Å². The van der Waals surface area contributed by atoms with Crippen molar-refractivity contribution >= 4 is 29.2 Å². The Morgan fingerprint density at radius 1 is 1.12 bits per heavy atom. The molecule has 0 aliphatic rings. The van der Waals surface area contributed by atoms with E-state index in [9.17, 15) is 13.6 Å². The van der Waals surface area contributed by atoms with E-state index in [4.69, 9.17) is 23.2 Å². The highest BCUT2D eigenvalue weighted by Crippen LogP contribution is 2.25. The number of alkyl halides is 2. The van der Waals surface area contributed by atoms with E-state index in [1.165, 1.54) is 12.1 Å². The summed E-state index contributed by atoms with van der Waals surface area (Å²) in [5.74, 6) is 0.0661. The van der Waals surface area contributed by atoms with Crippen LogP contribution in [0.5, 0.6) is 5.75 Å². The van der Waals surface area contributed by atoms with Crippen molar-refractivity contribution in [3.8, 4) is 5.75 Å². The average molecular weight is 389 g/mol. The molecule has 0 saturated heterocycles. The van der Waals surface area contributed by atoms with E-state index < -0.39 is 6.61 Å². The lowest BCUT2D eigenvalue weighted by molar-refractivity contribution is -0.0498. The van der Waals surface area contributed by atoms with Gasteiger partial charge in [0.05, 0.1) is 16.1 Å². The molecule has 25 heavy (non-hydrogen) atoms. The van der Waals surface area contributed by atoms with E-state index in [0.717, 1.165) is 11.1 Å². The number of nitrogens with one attached hydrogen (secondary N) is 2. The molecule has 2 aromatic rings. The summed E-state index contributed by atoms with van der Waals surface area (Å²) in [4.78, 5) is 12.0. The highest BCUT2D eigenvalue weighted by molar-refractivity contribution is 6.42. The van der Waals surface area contributed by atoms with E-state index in [2.05, 4.69) is 15.4 Å². The van der Waals surface area contributed by atoms with Crippen LogP contribution in [0, 0.1) is 0 Å². The van der Waals surface area contributed by atoms with Gasteiger partial charge in [-0.3, -0.25) is 0 Å². The first-order valence-electron chi connectivity index (χ1n) is 7.38. The lowest BCUT2D eigenvalue weighted by atomic mass is 10.1. The Labute approximate surface area is 154 Å². The lowest BCUT2D eigenvalue weighted by Crippen LogP contribution is -2.36. The fourth-order valence-electron chi connectivity index (χ4n) is 2.08. The second kappa shape index (κ2) is 8.87. The number of hydrogen-bond donors (Lipinski definition) is 2. The Balaban J connectivity index is 1.84. The zero-order valence-corrected chi connectivity index (χ0v) is 14.7. The fraction of sp³-hybridized carbons (Fsp3) is 0.235. The third-order valence-corrected chi connectivity index (χ3v) is 4.13. The minimum Gasteiger partial charge on any atom is -0.435 e. The van der Waals surface area contributed by atoms with Gasteiger partial charge >= 0.3 is 12.6 Å². The molecule has 0 saturated carbocycles. The maximum atomic E-state index is 12.1. The van der Waals surface area contributed by atoms with Gasteiger partial charge in [-0.15, -0.1) is 0 Å². The summed E-state index contributed by atoms with van der Waals surface area (Å²) in [7, 11) is 0. The van der Waals surface area contributed by atoms with Gasteiger partial charge in [-0.05, 0) is 42.3 Å². The molecular weight excluding hydrogens is 373 g/mol. The van der Waals surface area contributed by atoms with Gasteiger partial charge in [0, 0.05) is 6.54 Å². The highest BCUT2D eigenvalue weighted by Gasteiger charge is 2.11. The molecule has 134 valence electrons. The minimum atomic E-state index is -2.86. The molecule has 0 aromatic heterocycles. The van der Waals surface area contributed by atoms with Crippen LogP contribution in [0.2, 0.25) is 10.0 Å². The number of benzene rings is 2. The molecule has 0 aliphatic heterocycles. The Morgan fingerprint density at radius 3 is 2.40 bits per heavy atom. The summed E-state index contributed by atoms with van der Waals surface area (Å²) in [6.45, 7) is -0.803. The van der Waals surface area contributed by atoms with Crippen molar-refractivity contribution in [3.05, 3.63) is 63.6 Å². The maximum Gasteiger partial charge on any atom is 0.387 e. The quantitative estimate of drug-likeness (QED) is 0.718. The van der Waals surface area contributed by atoms with Crippen molar-refractivity contribution in [1.29, 1.82) is 0 Å². The number of carbonyl (C=O) groups is 1. The van der Waals surface area contributed by atoms with Crippen LogP contribution in [-0.4, -0.2) is 12.6 Å². The van der Waals surface area contributed by atoms with Crippen LogP contribution >= 0.6 is 23.2 Å². The molecule has 0 spiro atoms. The van der Waals surface area contributed by atoms with E-state index in [1.54, 1.807) is 30.3 Å². The van der Waals surface area contributed by atoms with E-state index in [-0.39, 0.29) is 24.4 Å². The molecule has 2 amide bonds. The van der Waals surface area contributed by atoms with Gasteiger partial charge in [-0.1, -0.05) is 41.4 Å². The van der Waals surface area contributed by atoms with Gasteiger partial charge in [0.1, 0.15) is 5.75 Å². The Hall–Kier alpha value is -2.05. The SMILES string of the molecule is CC(NC(=O)NCc1ccc(OC(F)F)cc1)c1ccc(Cl)c(Cl)c1. The van der Waals surface area contributed by atoms with Crippen LogP contribution in [0.25, 0.3) is 0 Å². The average Bonchev–Trinajstić information content (AvgIpc) is 2.56. The molecule has 2 aromatic carbocycles. The summed E-state index contributed by atoms with van der Waals surface area (Å²) < 4.78 is 28.4. The molecular formula is C17H16Cl2F2N2O2. The normalized spacial score (nSPS) is 11.9. The van der Waals surface area contributed by atoms with Gasteiger partial charge in [0.2, 0.25) is 0 Å². The largest absolute Gasteiger partial charge is 0.435 e. The monoisotopic (exact) mass is 388 g/mol. The molecule has 0 fully saturated rings. The molecule has 0 heterocycles. The standard InChI is InChI=1S/C17H16Cl2F2N2O2/c1-10(12-4-7-14(18)15(19)8-12)23-17(24)22-9-11-2-5-13(6-3-11)25-16(20)21/h2-8,10,16H,9H2,1H3,(H2,22,23,24). The van der Waals surface area contributed by atoms with Crippen LogP contribution in [0.15, 0.2) is 42.5 Å². The highest BCUT2D eigenvalue weighted by atomic mass is 35.5. The van der Waals surface area contributed by atoms with Crippen LogP contribution in [0.4, 0.5) is 13.6 Å². The number of ether oxygens (including phenoxy) is 1. The number of rotatable bonds is 6. The van der Waals surface area contributed by atoms with Crippen molar-refractivity contribution in [2.75, 3.05) is 0 Å². The first-order valence-corrected chi connectivity index (χ1v) is 8.14. The molecule has 0 bridgehead atoms. The van der Waals surface area contributed by atoms with Crippen molar-refractivity contribution < 1.29 is 18.3 Å². The summed E-state index contributed by atoms with van der Waals surface area (Å²) in [6.07, 6.45) is 0. The molecule has 0 aliphatic carbocycles. The molecule has 8 heteroatoms. The second-order valence-electron chi connectivity index (χ2n) is 5.24. The predicted octanol–water partition coefficient (Wildman–Crippen LogP) is 5.16. The topological polar surface area (TPSA) is 50.4 Å². The Morgan fingerprint density at radius 2 is 1.80 bits per heavy atom. The molecule has 0 radical (unpaired) electrons.